The second kappa shape index (κ2) is 13.2. The average molecular weight is 757 g/mol. The van der Waals surface area contributed by atoms with Crippen LogP contribution in [0.4, 0.5) is 4.79 Å². The molecule has 0 aromatic heterocycles. The van der Waals surface area contributed by atoms with Gasteiger partial charge in [0.1, 0.15) is 30.0 Å². The summed E-state index contributed by atoms with van der Waals surface area (Å²) in [6.45, 7) is 5.86. The van der Waals surface area contributed by atoms with Crippen LogP contribution in [0.5, 0.6) is 0 Å². The Bertz CT molecular complexity index is 1440. The van der Waals surface area contributed by atoms with E-state index in [1.807, 2.05) is 75.4 Å². The van der Waals surface area contributed by atoms with Crippen molar-refractivity contribution in [3.8, 4) is 6.07 Å². The summed E-state index contributed by atoms with van der Waals surface area (Å²) in [7, 11) is 0. The van der Waals surface area contributed by atoms with Crippen LogP contribution in [0, 0.1) is 32.7 Å². The zero-order valence-corrected chi connectivity index (χ0v) is 29.5. The molecule has 2 aromatic rings. The van der Waals surface area contributed by atoms with Crippen LogP contribution >= 0.6 is 22.6 Å². The molecule has 0 radical (unpaired) electrons. The molecule has 4 saturated carbocycles. The molecule has 2 aliphatic heterocycles. The number of fused-ring (bicyclic) bond motifs is 1. The number of ether oxygens (including phenoxy) is 6. The summed E-state index contributed by atoms with van der Waals surface area (Å²) in [5.74, 6) is 0.443. The van der Waals surface area contributed by atoms with E-state index >= 15 is 0 Å². The predicted molar refractivity (Wildman–Crippen MR) is 181 cm³/mol. The highest BCUT2D eigenvalue weighted by molar-refractivity contribution is 14.1. The number of hydrogen-bond acceptors (Lipinski definition) is 8. The molecule has 1 amide bonds. The van der Waals surface area contributed by atoms with Crippen LogP contribution in [0.25, 0.3) is 0 Å². The number of carbonyl (C=O) groups is 1. The highest BCUT2D eigenvalue weighted by atomic mass is 127. The summed E-state index contributed by atoms with van der Waals surface area (Å²) < 4.78 is 40.2. The van der Waals surface area contributed by atoms with Gasteiger partial charge in [0.05, 0.1) is 24.9 Å². The molecule has 6 atom stereocenters. The number of carbonyl (C=O) groups excluding carboxylic acids is 1. The fourth-order valence-electron chi connectivity index (χ4n) is 8.83. The van der Waals surface area contributed by atoms with Gasteiger partial charge in [-0.3, -0.25) is 0 Å². The fourth-order valence-corrected chi connectivity index (χ4v) is 9.40. The Morgan fingerprint density at radius 3 is 2.32 bits per heavy atom. The third-order valence-electron chi connectivity index (χ3n) is 10.3. The molecule has 0 unspecified atom stereocenters. The quantitative estimate of drug-likeness (QED) is 0.299. The molecule has 1 N–H and O–H groups in total. The number of alkyl carbamates (subject to hydrolysis) is 1. The van der Waals surface area contributed by atoms with E-state index in [0.29, 0.717) is 17.8 Å². The molecule has 252 valence electrons. The number of benzene rings is 2. The lowest BCUT2D eigenvalue weighted by atomic mass is 9.54. The molecule has 2 saturated heterocycles. The van der Waals surface area contributed by atoms with Gasteiger partial charge in [0.15, 0.2) is 6.29 Å². The van der Waals surface area contributed by atoms with E-state index in [9.17, 15) is 10.1 Å². The Morgan fingerprint density at radius 1 is 1.02 bits per heavy atom. The Balaban J connectivity index is 1.22. The number of halogens is 1. The molecule has 6 fully saturated rings. The SMILES string of the molecule is CC(C)(C)OC(=O)N[C@@H]1[C@H](OCc2ccccc2)[C@H](OC23CC4CC(CC(C4)C2)C3)O[C@@H]2CO[C@@](C#N)(Cc3ccccc3I)O[C@@H]12. The van der Waals surface area contributed by atoms with E-state index < -0.39 is 48.1 Å². The van der Waals surface area contributed by atoms with Gasteiger partial charge < -0.3 is 33.7 Å². The normalized spacial score (nSPS) is 37.5. The van der Waals surface area contributed by atoms with Gasteiger partial charge >= 0.3 is 6.09 Å². The number of nitrogens with zero attached hydrogens (tertiary/aromatic N) is 1. The Labute approximate surface area is 291 Å². The molecule has 4 bridgehead atoms. The first-order chi connectivity index (χ1) is 22.5. The third-order valence-corrected chi connectivity index (χ3v) is 11.4. The van der Waals surface area contributed by atoms with Gasteiger partial charge in [-0.05, 0) is 117 Å². The molecule has 10 heteroatoms. The summed E-state index contributed by atoms with van der Waals surface area (Å²) >= 11 is 2.26. The third kappa shape index (κ3) is 7.36. The van der Waals surface area contributed by atoms with Crippen LogP contribution in [-0.2, 0) is 41.4 Å². The minimum atomic E-state index is -1.59. The molecule has 2 aromatic carbocycles. The summed E-state index contributed by atoms with van der Waals surface area (Å²) in [4.78, 5) is 13.5. The molecule has 0 spiro atoms. The smallest absolute Gasteiger partial charge is 0.408 e. The highest BCUT2D eigenvalue weighted by Gasteiger charge is 2.59. The average Bonchev–Trinajstić information content (AvgIpc) is 3.01. The molecule has 8 rings (SSSR count). The second-order valence-electron chi connectivity index (χ2n) is 15.2. The van der Waals surface area contributed by atoms with Crippen LogP contribution < -0.4 is 5.32 Å². The largest absolute Gasteiger partial charge is 0.444 e. The first kappa shape index (κ1) is 33.2. The predicted octanol–water partition coefficient (Wildman–Crippen LogP) is 6.66. The molecule has 4 aliphatic carbocycles. The van der Waals surface area contributed by atoms with E-state index in [-0.39, 0.29) is 25.2 Å². The van der Waals surface area contributed by atoms with Gasteiger partial charge in [0, 0.05) is 9.99 Å². The number of nitrogens with one attached hydrogen (secondary N) is 1. The zero-order chi connectivity index (χ0) is 32.8. The standard InChI is InChI=1S/C37H45IN2O7/c1-35(2,3)47-34(41)40-30-31-29(21-43-37(22-39,45-31)19-27-11-7-8-12-28(27)38)44-33(32(30)42-20-23-9-5-4-6-10-23)46-36-16-24-13-25(17-36)15-26(14-24)18-36/h4-12,24-26,29-33H,13-21H2,1-3H3,(H,40,41)/t24?,25?,26?,29-,30+,31-,32+,33+,36?,37+/m1/s1. The molecular weight excluding hydrogens is 711 g/mol. The lowest BCUT2D eigenvalue weighted by Gasteiger charge is -2.58. The van der Waals surface area contributed by atoms with Crippen LogP contribution in [0.3, 0.4) is 0 Å². The summed E-state index contributed by atoms with van der Waals surface area (Å²) in [5, 5.41) is 13.6. The van der Waals surface area contributed by atoms with Crippen LogP contribution in [0.15, 0.2) is 54.6 Å². The number of nitriles is 1. The minimum Gasteiger partial charge on any atom is -0.444 e. The van der Waals surface area contributed by atoms with Crippen molar-refractivity contribution in [3.63, 3.8) is 0 Å². The Hall–Kier alpha value is -2.27. The number of amides is 1. The molecule has 6 aliphatic rings. The van der Waals surface area contributed by atoms with Crippen LogP contribution in [-0.4, -0.2) is 60.3 Å². The van der Waals surface area contributed by atoms with Crippen LogP contribution in [0.2, 0.25) is 0 Å². The van der Waals surface area contributed by atoms with Gasteiger partial charge in [-0.15, -0.1) is 0 Å². The zero-order valence-electron chi connectivity index (χ0n) is 27.4. The molecule has 47 heavy (non-hydrogen) atoms. The van der Waals surface area contributed by atoms with Crippen molar-refractivity contribution in [2.24, 2.45) is 17.8 Å². The fraction of sp³-hybridized carbons (Fsp3) is 0.622. The lowest BCUT2D eigenvalue weighted by molar-refractivity contribution is -0.382. The van der Waals surface area contributed by atoms with Gasteiger partial charge in [-0.25, -0.2) is 4.79 Å². The highest BCUT2D eigenvalue weighted by Crippen LogP contribution is 2.58. The van der Waals surface area contributed by atoms with Crippen molar-refractivity contribution < 1.29 is 33.2 Å². The monoisotopic (exact) mass is 756 g/mol. The van der Waals surface area contributed by atoms with Crippen molar-refractivity contribution in [3.05, 3.63) is 69.3 Å². The Kier molecular flexibility index (Phi) is 9.35. The summed E-state index contributed by atoms with van der Waals surface area (Å²) in [5.41, 5.74) is 0.910. The van der Waals surface area contributed by atoms with Crippen molar-refractivity contribution in [1.29, 1.82) is 5.26 Å². The molecular formula is C37H45IN2O7. The first-order valence-corrected chi connectivity index (χ1v) is 18.0. The van der Waals surface area contributed by atoms with E-state index in [0.717, 1.165) is 34.0 Å². The van der Waals surface area contributed by atoms with E-state index in [2.05, 4.69) is 34.0 Å². The second-order valence-corrected chi connectivity index (χ2v) is 16.4. The van der Waals surface area contributed by atoms with Crippen molar-refractivity contribution in [1.82, 2.24) is 5.32 Å². The number of rotatable bonds is 8. The first-order valence-electron chi connectivity index (χ1n) is 17.0. The van der Waals surface area contributed by atoms with E-state index in [1.165, 1.54) is 19.3 Å². The van der Waals surface area contributed by atoms with E-state index in [4.69, 9.17) is 28.4 Å². The topological polar surface area (TPSA) is 108 Å². The van der Waals surface area contributed by atoms with E-state index in [1.54, 1.807) is 0 Å². The minimum absolute atomic E-state index is 0.0975. The van der Waals surface area contributed by atoms with Crippen LogP contribution in [0.1, 0.15) is 70.4 Å². The Morgan fingerprint density at radius 2 is 1.68 bits per heavy atom. The van der Waals surface area contributed by atoms with Crippen molar-refractivity contribution in [2.75, 3.05) is 6.61 Å². The maximum atomic E-state index is 13.5. The van der Waals surface area contributed by atoms with Gasteiger partial charge in [0.2, 0.25) is 0 Å². The maximum absolute atomic E-state index is 13.5. The van der Waals surface area contributed by atoms with Crippen molar-refractivity contribution in [2.45, 2.75) is 120 Å². The van der Waals surface area contributed by atoms with Crippen molar-refractivity contribution >= 4 is 28.7 Å². The number of hydrogen-bond donors (Lipinski definition) is 1. The van der Waals surface area contributed by atoms with Gasteiger partial charge in [-0.2, -0.15) is 5.26 Å². The van der Waals surface area contributed by atoms with Gasteiger partial charge in [-0.1, -0.05) is 48.5 Å². The van der Waals surface area contributed by atoms with Gasteiger partial charge in [0.25, 0.3) is 5.79 Å². The summed E-state index contributed by atoms with van der Waals surface area (Å²) in [6, 6.07) is 19.3. The lowest BCUT2D eigenvalue weighted by Crippen LogP contribution is -2.71. The molecule has 9 nitrogen and oxygen atoms in total. The summed E-state index contributed by atoms with van der Waals surface area (Å²) in [6.07, 6.45) is 3.62. The molecule has 2 heterocycles. The maximum Gasteiger partial charge on any atom is 0.408 e.